The lowest BCUT2D eigenvalue weighted by Gasteiger charge is -2.38. The van der Waals surface area contributed by atoms with Crippen LogP contribution in [0.25, 0.3) is 0 Å². The molecule has 2 aromatic rings. The predicted octanol–water partition coefficient (Wildman–Crippen LogP) is 2.44. The van der Waals surface area contributed by atoms with E-state index in [1.807, 2.05) is 12.1 Å². The number of ether oxygens (including phenoxy) is 2. The fraction of sp³-hybridized carbons (Fsp3) is 0.333. The molecule has 174 valence electrons. The second-order valence-corrected chi connectivity index (χ2v) is 7.93. The van der Waals surface area contributed by atoms with Crippen molar-refractivity contribution in [1.29, 1.82) is 0 Å². The van der Waals surface area contributed by atoms with Crippen LogP contribution in [0.3, 0.4) is 0 Å². The Morgan fingerprint density at radius 3 is 2.48 bits per heavy atom. The number of methoxy groups -OCH3 is 2. The maximum atomic E-state index is 13.2. The van der Waals surface area contributed by atoms with Gasteiger partial charge in [-0.2, -0.15) is 0 Å². The molecule has 1 saturated heterocycles. The average Bonchev–Trinajstić information content (AvgIpc) is 2.84. The first kappa shape index (κ1) is 22.6. The number of carbonyl (C=O) groups is 2. The number of rotatable bonds is 6. The minimum absolute atomic E-state index is 0.257. The number of anilines is 1. The molecule has 0 aliphatic carbocycles. The molecule has 2 heterocycles. The smallest absolute Gasteiger partial charge is 0.338 e. The van der Waals surface area contributed by atoms with Crippen molar-refractivity contribution in [2.24, 2.45) is 0 Å². The number of esters is 1. The number of benzene rings is 2. The normalized spacial score (nSPS) is 19.1. The number of carbonyl (C=O) groups excluding carboxylic acids is 2. The summed E-state index contributed by atoms with van der Waals surface area (Å²) in [5.41, 5.74) is 2.59. The lowest BCUT2D eigenvalue weighted by molar-refractivity contribution is -0.136. The van der Waals surface area contributed by atoms with E-state index in [0.29, 0.717) is 23.6 Å². The van der Waals surface area contributed by atoms with Gasteiger partial charge in [0.15, 0.2) is 0 Å². The highest BCUT2D eigenvalue weighted by molar-refractivity contribution is 5.95. The maximum absolute atomic E-state index is 13.2. The first-order valence-corrected chi connectivity index (χ1v) is 10.7. The third-order valence-corrected chi connectivity index (χ3v) is 5.93. The SMILES string of the molecule is COC(=O)C1=C(CN2CCN(c3ccc(F)cc3)CC2)NC(=O)NC1c1cccc(OC)c1. The van der Waals surface area contributed by atoms with Gasteiger partial charge in [0.25, 0.3) is 0 Å². The quantitative estimate of drug-likeness (QED) is 0.653. The molecule has 0 bridgehead atoms. The molecule has 9 heteroatoms. The van der Waals surface area contributed by atoms with Gasteiger partial charge in [0.2, 0.25) is 0 Å². The predicted molar refractivity (Wildman–Crippen MR) is 121 cm³/mol. The van der Waals surface area contributed by atoms with E-state index in [2.05, 4.69) is 20.4 Å². The zero-order valence-corrected chi connectivity index (χ0v) is 18.6. The van der Waals surface area contributed by atoms with E-state index in [-0.39, 0.29) is 11.8 Å². The van der Waals surface area contributed by atoms with Crippen molar-refractivity contribution >= 4 is 17.7 Å². The summed E-state index contributed by atoms with van der Waals surface area (Å²) in [5, 5.41) is 5.63. The monoisotopic (exact) mass is 454 g/mol. The molecule has 0 radical (unpaired) electrons. The molecule has 1 fully saturated rings. The molecule has 2 aromatic carbocycles. The van der Waals surface area contributed by atoms with Crippen molar-refractivity contribution in [2.45, 2.75) is 6.04 Å². The van der Waals surface area contributed by atoms with E-state index in [4.69, 9.17) is 9.47 Å². The number of urea groups is 1. The zero-order valence-electron chi connectivity index (χ0n) is 18.6. The third kappa shape index (κ3) is 5.09. The molecule has 0 saturated carbocycles. The van der Waals surface area contributed by atoms with Crippen LogP contribution in [0.4, 0.5) is 14.9 Å². The standard InChI is InChI=1S/C24H27FN4O4/c1-32-19-5-3-4-16(14-19)22-21(23(30)33-2)20(26-24(31)27-22)15-28-10-12-29(13-11-28)18-8-6-17(25)7-9-18/h3-9,14,22H,10-13,15H2,1-2H3,(H2,26,27,31). The number of amides is 2. The Kier molecular flexibility index (Phi) is 6.79. The van der Waals surface area contributed by atoms with Crippen LogP contribution in [0.5, 0.6) is 5.75 Å². The Hall–Kier alpha value is -3.59. The number of halogens is 1. The summed E-state index contributed by atoms with van der Waals surface area (Å²) in [6, 6.07) is 12.7. The number of hydrogen-bond donors (Lipinski definition) is 2. The van der Waals surface area contributed by atoms with Crippen molar-refractivity contribution in [3.63, 3.8) is 0 Å². The first-order valence-electron chi connectivity index (χ1n) is 10.7. The van der Waals surface area contributed by atoms with Gasteiger partial charge < -0.3 is 25.0 Å². The van der Waals surface area contributed by atoms with Gasteiger partial charge in [-0.3, -0.25) is 4.90 Å². The molecule has 1 unspecified atom stereocenters. The second kappa shape index (κ2) is 9.91. The molecule has 2 aliphatic rings. The van der Waals surface area contributed by atoms with Gasteiger partial charge in [-0.1, -0.05) is 12.1 Å². The Morgan fingerprint density at radius 1 is 1.09 bits per heavy atom. The number of piperazine rings is 1. The van der Waals surface area contributed by atoms with Gasteiger partial charge in [0, 0.05) is 44.1 Å². The topological polar surface area (TPSA) is 83.1 Å². The van der Waals surface area contributed by atoms with E-state index < -0.39 is 12.0 Å². The molecule has 2 aliphatic heterocycles. The number of nitrogens with zero attached hydrogens (tertiary/aromatic N) is 2. The number of nitrogens with one attached hydrogen (secondary N) is 2. The third-order valence-electron chi connectivity index (χ3n) is 5.93. The summed E-state index contributed by atoms with van der Waals surface area (Å²) in [6.07, 6.45) is 0. The highest BCUT2D eigenvalue weighted by Gasteiger charge is 2.34. The summed E-state index contributed by atoms with van der Waals surface area (Å²) in [5.74, 6) is -0.134. The summed E-state index contributed by atoms with van der Waals surface area (Å²) < 4.78 is 23.6. The molecular formula is C24H27FN4O4. The van der Waals surface area contributed by atoms with Gasteiger partial charge in [-0.15, -0.1) is 0 Å². The Morgan fingerprint density at radius 2 is 1.82 bits per heavy atom. The van der Waals surface area contributed by atoms with Gasteiger partial charge in [-0.25, -0.2) is 14.0 Å². The lowest BCUT2D eigenvalue weighted by Crippen LogP contribution is -2.51. The molecule has 4 rings (SSSR count). The van der Waals surface area contributed by atoms with E-state index in [1.54, 1.807) is 31.4 Å². The first-order chi connectivity index (χ1) is 16.0. The molecule has 0 spiro atoms. The summed E-state index contributed by atoms with van der Waals surface area (Å²) in [7, 11) is 2.89. The van der Waals surface area contributed by atoms with Crippen LogP contribution in [0.1, 0.15) is 11.6 Å². The summed E-state index contributed by atoms with van der Waals surface area (Å²) in [6.45, 7) is 3.34. The van der Waals surface area contributed by atoms with E-state index >= 15 is 0 Å². The molecule has 0 aromatic heterocycles. The highest BCUT2D eigenvalue weighted by atomic mass is 19.1. The van der Waals surface area contributed by atoms with E-state index in [9.17, 15) is 14.0 Å². The minimum atomic E-state index is -0.656. The van der Waals surface area contributed by atoms with Gasteiger partial charge in [-0.05, 0) is 42.0 Å². The van der Waals surface area contributed by atoms with Gasteiger partial charge in [0.05, 0.1) is 25.8 Å². The van der Waals surface area contributed by atoms with Crippen LogP contribution in [-0.2, 0) is 9.53 Å². The second-order valence-electron chi connectivity index (χ2n) is 7.93. The maximum Gasteiger partial charge on any atom is 0.338 e. The molecule has 2 N–H and O–H groups in total. The Labute approximate surface area is 192 Å². The van der Waals surface area contributed by atoms with Gasteiger partial charge in [0.1, 0.15) is 11.6 Å². The summed E-state index contributed by atoms with van der Waals surface area (Å²) in [4.78, 5) is 29.6. The van der Waals surface area contributed by atoms with Crippen LogP contribution in [0.15, 0.2) is 59.8 Å². The van der Waals surface area contributed by atoms with Crippen molar-refractivity contribution in [3.05, 3.63) is 71.2 Å². The van der Waals surface area contributed by atoms with Crippen molar-refractivity contribution in [1.82, 2.24) is 15.5 Å². The van der Waals surface area contributed by atoms with Crippen molar-refractivity contribution in [3.8, 4) is 5.75 Å². The van der Waals surface area contributed by atoms with E-state index in [1.165, 1.54) is 19.2 Å². The van der Waals surface area contributed by atoms with Crippen LogP contribution >= 0.6 is 0 Å². The molecule has 33 heavy (non-hydrogen) atoms. The zero-order chi connectivity index (χ0) is 23.4. The lowest BCUT2D eigenvalue weighted by atomic mass is 9.94. The molecule has 8 nitrogen and oxygen atoms in total. The fourth-order valence-electron chi connectivity index (χ4n) is 4.20. The van der Waals surface area contributed by atoms with Crippen molar-refractivity contribution < 1.29 is 23.5 Å². The molecule has 1 atom stereocenters. The van der Waals surface area contributed by atoms with Crippen LogP contribution in [-0.4, -0.2) is 63.8 Å². The Balaban J connectivity index is 1.54. The van der Waals surface area contributed by atoms with Crippen LogP contribution in [0.2, 0.25) is 0 Å². The number of hydrogen-bond acceptors (Lipinski definition) is 6. The van der Waals surface area contributed by atoms with Crippen molar-refractivity contribution in [2.75, 3.05) is 51.8 Å². The molecular weight excluding hydrogens is 427 g/mol. The summed E-state index contributed by atoms with van der Waals surface area (Å²) >= 11 is 0. The fourth-order valence-corrected chi connectivity index (χ4v) is 4.20. The molecule has 2 amide bonds. The Bertz CT molecular complexity index is 1050. The highest BCUT2D eigenvalue weighted by Crippen LogP contribution is 2.30. The average molecular weight is 455 g/mol. The van der Waals surface area contributed by atoms with Crippen LogP contribution in [0, 0.1) is 5.82 Å². The minimum Gasteiger partial charge on any atom is -0.497 e. The van der Waals surface area contributed by atoms with Crippen LogP contribution < -0.4 is 20.3 Å². The van der Waals surface area contributed by atoms with Gasteiger partial charge >= 0.3 is 12.0 Å². The largest absolute Gasteiger partial charge is 0.497 e. The van der Waals surface area contributed by atoms with E-state index in [0.717, 1.165) is 37.4 Å².